The average Bonchev–Trinajstić information content (AvgIpc) is 3.51. The minimum absolute atomic E-state index is 0.00620. The van der Waals surface area contributed by atoms with Crippen LogP contribution < -0.4 is 0 Å². The van der Waals surface area contributed by atoms with Gasteiger partial charge in [-0.25, -0.2) is 0 Å². The summed E-state index contributed by atoms with van der Waals surface area (Å²) >= 11 is 0. The maximum atomic E-state index is 6.32. The van der Waals surface area contributed by atoms with Gasteiger partial charge >= 0.3 is 0 Å². The molecule has 9 rings (SSSR count). The Balaban J connectivity index is 1.34. The first kappa shape index (κ1) is 23.6. The third-order valence-corrected chi connectivity index (χ3v) is 9.47. The maximum Gasteiger partial charge on any atom is 0.136 e. The Labute approximate surface area is 244 Å². The predicted octanol–water partition coefficient (Wildman–Crippen LogP) is 11.5. The topological polar surface area (TPSA) is 13.1 Å². The van der Waals surface area contributed by atoms with Crippen molar-refractivity contribution >= 4 is 43.5 Å². The van der Waals surface area contributed by atoms with Crippen LogP contribution in [0.4, 0.5) is 0 Å². The molecule has 1 aliphatic rings. The Kier molecular flexibility index (Phi) is 4.73. The van der Waals surface area contributed by atoms with Gasteiger partial charge in [-0.1, -0.05) is 123 Å². The van der Waals surface area contributed by atoms with Crippen LogP contribution in [0.2, 0.25) is 0 Å². The molecule has 0 N–H and O–H groups in total. The fraction of sp³-hybridized carbons (Fsp3) is 0.0732. The van der Waals surface area contributed by atoms with Crippen LogP contribution in [-0.2, 0) is 5.41 Å². The molecule has 8 aromatic rings. The molecule has 0 radical (unpaired) electrons. The summed E-state index contributed by atoms with van der Waals surface area (Å²) in [4.78, 5) is 0. The van der Waals surface area contributed by atoms with Crippen molar-refractivity contribution in [3.63, 3.8) is 0 Å². The Hall–Kier alpha value is -5.14. The molecular weight excluding hydrogens is 508 g/mol. The standard InChI is InChI=1S/C41H28O/c1-41(2)35-17-9-7-11-27(35)34-23-25(20-22-36(34)41)39-30-13-3-5-15-32(30)40(33-16-6-4-14-31(33)39)26-19-21-29-28-12-8-10-18-37(28)42-38(29)24-26/h3-24H,1-2H3. The van der Waals surface area contributed by atoms with E-state index in [1.54, 1.807) is 0 Å². The highest BCUT2D eigenvalue weighted by Crippen LogP contribution is 2.51. The molecule has 42 heavy (non-hydrogen) atoms. The van der Waals surface area contributed by atoms with Crippen LogP contribution in [0.5, 0.6) is 0 Å². The van der Waals surface area contributed by atoms with E-state index < -0.39 is 0 Å². The number of benzene rings is 7. The van der Waals surface area contributed by atoms with Gasteiger partial charge in [-0.3, -0.25) is 0 Å². The Morgan fingerprint density at radius 2 is 0.905 bits per heavy atom. The highest BCUT2D eigenvalue weighted by molar-refractivity contribution is 6.22. The van der Waals surface area contributed by atoms with Gasteiger partial charge in [0.1, 0.15) is 11.2 Å². The van der Waals surface area contributed by atoms with Gasteiger partial charge in [-0.05, 0) is 90.3 Å². The molecule has 0 unspecified atom stereocenters. The van der Waals surface area contributed by atoms with Gasteiger partial charge in [0, 0.05) is 16.2 Å². The van der Waals surface area contributed by atoms with Crippen LogP contribution in [0.1, 0.15) is 25.0 Å². The van der Waals surface area contributed by atoms with E-state index in [2.05, 4.69) is 135 Å². The molecule has 0 bridgehead atoms. The van der Waals surface area contributed by atoms with E-state index >= 15 is 0 Å². The van der Waals surface area contributed by atoms with Crippen molar-refractivity contribution in [2.24, 2.45) is 0 Å². The van der Waals surface area contributed by atoms with E-state index in [0.717, 1.165) is 21.9 Å². The zero-order valence-corrected chi connectivity index (χ0v) is 23.6. The molecule has 0 aliphatic heterocycles. The largest absolute Gasteiger partial charge is 0.456 e. The number of para-hydroxylation sites is 1. The average molecular weight is 537 g/mol. The van der Waals surface area contributed by atoms with Crippen molar-refractivity contribution in [3.05, 3.63) is 145 Å². The highest BCUT2D eigenvalue weighted by atomic mass is 16.3. The molecule has 7 aromatic carbocycles. The van der Waals surface area contributed by atoms with Gasteiger partial charge in [0.05, 0.1) is 0 Å². The summed E-state index contributed by atoms with van der Waals surface area (Å²) in [6.45, 7) is 4.69. The van der Waals surface area contributed by atoms with Gasteiger partial charge in [-0.2, -0.15) is 0 Å². The number of hydrogen-bond donors (Lipinski definition) is 0. The lowest BCUT2D eigenvalue weighted by atomic mass is 9.81. The van der Waals surface area contributed by atoms with E-state index in [4.69, 9.17) is 4.42 Å². The van der Waals surface area contributed by atoms with Crippen LogP contribution in [0.25, 0.3) is 76.9 Å². The summed E-state index contributed by atoms with van der Waals surface area (Å²) in [6, 6.07) is 48.7. The minimum Gasteiger partial charge on any atom is -0.456 e. The van der Waals surface area contributed by atoms with E-state index in [1.165, 1.54) is 66.1 Å². The fourth-order valence-corrected chi connectivity index (χ4v) is 7.51. The van der Waals surface area contributed by atoms with Crippen molar-refractivity contribution in [2.75, 3.05) is 0 Å². The van der Waals surface area contributed by atoms with Crippen LogP contribution in [0, 0.1) is 0 Å². The van der Waals surface area contributed by atoms with Crippen LogP contribution in [0.3, 0.4) is 0 Å². The summed E-state index contributed by atoms with van der Waals surface area (Å²) < 4.78 is 6.32. The van der Waals surface area contributed by atoms with E-state index in [-0.39, 0.29) is 5.41 Å². The molecule has 0 saturated carbocycles. The highest BCUT2D eigenvalue weighted by Gasteiger charge is 2.35. The van der Waals surface area contributed by atoms with Gasteiger partial charge in [0.2, 0.25) is 0 Å². The van der Waals surface area contributed by atoms with Crippen LogP contribution >= 0.6 is 0 Å². The number of furan rings is 1. The molecule has 1 heteroatoms. The quantitative estimate of drug-likeness (QED) is 0.200. The molecule has 198 valence electrons. The SMILES string of the molecule is CC1(C)c2ccccc2-c2cc(-c3c4ccccc4c(-c4ccc5c(c4)oc4ccccc45)c4ccccc34)ccc21. The lowest BCUT2D eigenvalue weighted by Crippen LogP contribution is -2.14. The summed E-state index contributed by atoms with van der Waals surface area (Å²) in [5.41, 5.74) is 12.3. The third kappa shape index (κ3) is 3.14. The lowest BCUT2D eigenvalue weighted by Gasteiger charge is -2.22. The van der Waals surface area contributed by atoms with Gasteiger partial charge in [-0.15, -0.1) is 0 Å². The van der Waals surface area contributed by atoms with E-state index in [0.29, 0.717) is 0 Å². The van der Waals surface area contributed by atoms with Gasteiger partial charge in [0.25, 0.3) is 0 Å². The predicted molar refractivity (Wildman–Crippen MR) is 177 cm³/mol. The minimum atomic E-state index is -0.00620. The monoisotopic (exact) mass is 536 g/mol. The van der Waals surface area contributed by atoms with E-state index in [1.807, 2.05) is 12.1 Å². The molecule has 0 fully saturated rings. The Bertz CT molecular complexity index is 2330. The van der Waals surface area contributed by atoms with E-state index in [9.17, 15) is 0 Å². The van der Waals surface area contributed by atoms with Crippen molar-refractivity contribution in [3.8, 4) is 33.4 Å². The summed E-state index contributed by atoms with van der Waals surface area (Å²) in [7, 11) is 0. The lowest BCUT2D eigenvalue weighted by molar-refractivity contribution is 0.660. The molecule has 1 aromatic heterocycles. The molecule has 0 saturated heterocycles. The van der Waals surface area contributed by atoms with Crippen LogP contribution in [-0.4, -0.2) is 0 Å². The number of fused-ring (bicyclic) bond motifs is 8. The summed E-state index contributed by atoms with van der Waals surface area (Å²) in [5.74, 6) is 0. The zero-order valence-electron chi connectivity index (χ0n) is 23.6. The molecule has 1 aliphatic carbocycles. The van der Waals surface area contributed by atoms with Crippen LogP contribution in [0.15, 0.2) is 138 Å². The molecule has 0 atom stereocenters. The molecule has 0 amide bonds. The smallest absolute Gasteiger partial charge is 0.136 e. The van der Waals surface area contributed by atoms with Gasteiger partial charge in [0.15, 0.2) is 0 Å². The first-order valence-corrected chi connectivity index (χ1v) is 14.7. The first-order valence-electron chi connectivity index (χ1n) is 14.7. The number of hydrogen-bond acceptors (Lipinski definition) is 1. The fourth-order valence-electron chi connectivity index (χ4n) is 7.51. The second-order valence-electron chi connectivity index (χ2n) is 12.1. The third-order valence-electron chi connectivity index (χ3n) is 9.47. The number of rotatable bonds is 2. The summed E-state index contributed by atoms with van der Waals surface area (Å²) in [6.07, 6.45) is 0. The molecule has 1 heterocycles. The normalized spacial score (nSPS) is 13.7. The summed E-state index contributed by atoms with van der Waals surface area (Å²) in [5, 5.41) is 7.35. The Morgan fingerprint density at radius 1 is 0.405 bits per heavy atom. The molecular formula is C41H28O. The van der Waals surface area contributed by atoms with Crippen molar-refractivity contribution in [2.45, 2.75) is 19.3 Å². The maximum absolute atomic E-state index is 6.32. The van der Waals surface area contributed by atoms with Crippen molar-refractivity contribution < 1.29 is 4.42 Å². The molecule has 0 spiro atoms. The second-order valence-corrected chi connectivity index (χ2v) is 12.1. The molecule has 1 nitrogen and oxygen atoms in total. The van der Waals surface area contributed by atoms with Crippen molar-refractivity contribution in [1.29, 1.82) is 0 Å². The van der Waals surface area contributed by atoms with Gasteiger partial charge < -0.3 is 4.42 Å². The Morgan fingerprint density at radius 3 is 1.60 bits per heavy atom. The van der Waals surface area contributed by atoms with Crippen molar-refractivity contribution in [1.82, 2.24) is 0 Å². The second kappa shape index (κ2) is 8.44. The first-order chi connectivity index (χ1) is 20.6. The zero-order chi connectivity index (χ0) is 28.0.